The van der Waals surface area contributed by atoms with E-state index in [0.29, 0.717) is 13.3 Å². The summed E-state index contributed by atoms with van der Waals surface area (Å²) in [7, 11) is 0. The number of benzene rings is 1. The molecule has 0 bridgehead atoms. The standard InChI is InChI=1S/C40H66N4O2/c1-28(2)38(29(3)4,42-27-44(33-25-21-20-24-31(33)42)40(46,36(11,12)13)37(14,15)16)41-26-43(32-23-19-17-18-22-30(32)41)39(45,34(5,6)7)35(8,9)10/h17-22,24-25,28-29,45-46H,23,26-27H2,1-16H3. The molecule has 258 valence electrons. The normalized spacial score (nSPS) is 18.8. The van der Waals surface area contributed by atoms with Gasteiger partial charge in [-0.25, -0.2) is 0 Å². The molecule has 0 unspecified atom stereocenters. The average molecular weight is 635 g/mol. The maximum atomic E-state index is 13.0. The highest BCUT2D eigenvalue weighted by Gasteiger charge is 2.62. The van der Waals surface area contributed by atoms with E-state index in [1.807, 2.05) is 0 Å². The zero-order chi connectivity index (χ0) is 35.1. The van der Waals surface area contributed by atoms with Gasteiger partial charge in [0.1, 0.15) is 17.1 Å². The van der Waals surface area contributed by atoms with Gasteiger partial charge in [0, 0.05) is 33.8 Å². The first kappa shape index (κ1) is 36.4. The van der Waals surface area contributed by atoms with Crippen molar-refractivity contribution in [2.75, 3.05) is 23.1 Å². The number of nitrogens with zero attached hydrogens (tertiary/aromatic N) is 4. The van der Waals surface area contributed by atoms with Crippen molar-refractivity contribution in [2.45, 2.75) is 134 Å². The molecule has 6 nitrogen and oxygen atoms in total. The van der Waals surface area contributed by atoms with E-state index in [9.17, 15) is 10.2 Å². The topological polar surface area (TPSA) is 53.4 Å². The van der Waals surface area contributed by atoms with Gasteiger partial charge in [0.2, 0.25) is 0 Å². The van der Waals surface area contributed by atoms with Crippen molar-refractivity contribution in [1.29, 1.82) is 0 Å². The number of aliphatic hydroxyl groups is 2. The van der Waals surface area contributed by atoms with Crippen LogP contribution in [-0.2, 0) is 0 Å². The average Bonchev–Trinajstić information content (AvgIpc) is 3.35. The lowest BCUT2D eigenvalue weighted by Gasteiger charge is -2.59. The van der Waals surface area contributed by atoms with Gasteiger partial charge >= 0.3 is 0 Å². The third-order valence-electron chi connectivity index (χ3n) is 11.3. The summed E-state index contributed by atoms with van der Waals surface area (Å²) in [5.74, 6) is 0.377. The van der Waals surface area contributed by atoms with Crippen LogP contribution in [0.2, 0.25) is 0 Å². The van der Waals surface area contributed by atoms with Crippen LogP contribution in [0.15, 0.2) is 60.0 Å². The molecule has 2 heterocycles. The molecule has 2 N–H and O–H groups in total. The first-order valence-electron chi connectivity index (χ1n) is 17.5. The van der Waals surface area contributed by atoms with Crippen molar-refractivity contribution < 1.29 is 10.2 Å². The fourth-order valence-electron chi connectivity index (χ4n) is 9.73. The summed E-state index contributed by atoms with van der Waals surface area (Å²) in [6.07, 6.45) is 9.50. The molecule has 0 saturated carbocycles. The Labute approximate surface area is 281 Å². The van der Waals surface area contributed by atoms with Gasteiger partial charge < -0.3 is 29.8 Å². The number of hydrogen-bond acceptors (Lipinski definition) is 6. The molecule has 0 saturated heterocycles. The number of fused-ring (bicyclic) bond motifs is 1. The maximum absolute atomic E-state index is 13.0. The molecular formula is C40H66N4O2. The Morgan fingerprint density at radius 1 is 0.565 bits per heavy atom. The van der Waals surface area contributed by atoms with Gasteiger partial charge in [0.05, 0.1) is 30.4 Å². The van der Waals surface area contributed by atoms with Crippen LogP contribution < -0.4 is 9.80 Å². The summed E-state index contributed by atoms with van der Waals surface area (Å²) in [5.41, 5.74) is 0.0321. The minimum Gasteiger partial charge on any atom is -0.370 e. The number of para-hydroxylation sites is 2. The Kier molecular flexibility index (Phi) is 8.96. The SMILES string of the molecule is CC(C)C(C(C)C)(N1CN(C(O)(C(C)(C)C)C(C)(C)C)C2=C1C=CC=CC2)N1CN(C(O)(C(C)(C)C)C(C)(C)C)c2ccccc21. The van der Waals surface area contributed by atoms with Gasteiger partial charge in [0.15, 0.2) is 0 Å². The molecule has 1 aromatic carbocycles. The fraction of sp³-hybridized carbons (Fsp3) is 0.700. The van der Waals surface area contributed by atoms with E-state index in [-0.39, 0.29) is 11.8 Å². The highest BCUT2D eigenvalue weighted by atomic mass is 16.3. The summed E-state index contributed by atoms with van der Waals surface area (Å²) < 4.78 is 0. The minimum absolute atomic E-state index is 0.188. The third kappa shape index (κ3) is 5.03. The summed E-state index contributed by atoms with van der Waals surface area (Å²) in [4.78, 5) is 9.77. The summed E-state index contributed by atoms with van der Waals surface area (Å²) in [5, 5.41) is 25.9. The van der Waals surface area contributed by atoms with Gasteiger partial charge in [-0.2, -0.15) is 0 Å². The number of anilines is 2. The van der Waals surface area contributed by atoms with Gasteiger partial charge in [-0.15, -0.1) is 0 Å². The number of allylic oxidation sites excluding steroid dienone is 4. The number of rotatable bonds is 6. The molecule has 4 rings (SSSR count). The Morgan fingerprint density at radius 2 is 0.978 bits per heavy atom. The van der Waals surface area contributed by atoms with Crippen LogP contribution in [0.1, 0.15) is 117 Å². The lowest BCUT2D eigenvalue weighted by Crippen LogP contribution is -2.71. The van der Waals surface area contributed by atoms with Gasteiger partial charge in [-0.3, -0.25) is 0 Å². The molecule has 0 atom stereocenters. The molecule has 2 aliphatic heterocycles. The van der Waals surface area contributed by atoms with Crippen molar-refractivity contribution in [1.82, 2.24) is 9.80 Å². The van der Waals surface area contributed by atoms with E-state index in [1.165, 1.54) is 0 Å². The summed E-state index contributed by atoms with van der Waals surface area (Å²) >= 11 is 0. The van der Waals surface area contributed by atoms with Gasteiger partial charge in [0.25, 0.3) is 0 Å². The molecule has 0 spiro atoms. The van der Waals surface area contributed by atoms with E-state index in [2.05, 4.69) is 179 Å². The molecule has 0 aromatic heterocycles. The van der Waals surface area contributed by atoms with Crippen LogP contribution in [0.3, 0.4) is 0 Å². The quantitative estimate of drug-likeness (QED) is 0.326. The van der Waals surface area contributed by atoms with Gasteiger partial charge in [-0.05, 0) is 30.0 Å². The van der Waals surface area contributed by atoms with Crippen LogP contribution in [0, 0.1) is 33.5 Å². The fourth-order valence-corrected chi connectivity index (χ4v) is 9.73. The molecule has 1 aliphatic carbocycles. The van der Waals surface area contributed by atoms with Crippen LogP contribution in [-0.4, -0.2) is 50.5 Å². The first-order chi connectivity index (χ1) is 20.8. The van der Waals surface area contributed by atoms with Crippen molar-refractivity contribution in [3.63, 3.8) is 0 Å². The Hall–Kier alpha value is -2.44. The second kappa shape index (κ2) is 11.3. The molecule has 1 aromatic rings. The molecule has 3 aliphatic rings. The van der Waals surface area contributed by atoms with Gasteiger partial charge in [-0.1, -0.05) is 141 Å². The van der Waals surface area contributed by atoms with E-state index in [1.54, 1.807) is 0 Å². The zero-order valence-electron chi connectivity index (χ0n) is 32.1. The smallest absolute Gasteiger partial charge is 0.149 e. The molecular weight excluding hydrogens is 568 g/mol. The lowest BCUT2D eigenvalue weighted by atomic mass is 9.67. The van der Waals surface area contributed by atoms with Crippen LogP contribution in [0.25, 0.3) is 0 Å². The number of hydrogen-bond donors (Lipinski definition) is 2. The van der Waals surface area contributed by atoms with E-state index in [0.717, 1.165) is 29.2 Å². The molecule has 6 heteroatoms. The van der Waals surface area contributed by atoms with E-state index < -0.39 is 38.8 Å². The van der Waals surface area contributed by atoms with Crippen molar-refractivity contribution in [3.8, 4) is 0 Å². The van der Waals surface area contributed by atoms with E-state index in [4.69, 9.17) is 0 Å². The maximum Gasteiger partial charge on any atom is 0.149 e. The third-order valence-corrected chi connectivity index (χ3v) is 11.3. The van der Waals surface area contributed by atoms with Crippen molar-refractivity contribution in [3.05, 3.63) is 60.0 Å². The Balaban J connectivity index is 2.02. The van der Waals surface area contributed by atoms with Crippen LogP contribution in [0.4, 0.5) is 11.4 Å². The minimum atomic E-state index is -1.14. The largest absolute Gasteiger partial charge is 0.370 e. The molecule has 0 amide bonds. The molecule has 0 fully saturated rings. The van der Waals surface area contributed by atoms with Crippen molar-refractivity contribution in [2.24, 2.45) is 33.5 Å². The second-order valence-electron chi connectivity index (χ2n) is 18.7. The Bertz CT molecular complexity index is 1340. The highest BCUT2D eigenvalue weighted by Crippen LogP contribution is 2.57. The summed E-state index contributed by atoms with van der Waals surface area (Å²) in [6.45, 7) is 36.4. The van der Waals surface area contributed by atoms with E-state index >= 15 is 0 Å². The Morgan fingerprint density at radius 3 is 1.41 bits per heavy atom. The second-order valence-corrected chi connectivity index (χ2v) is 18.7. The van der Waals surface area contributed by atoms with Crippen LogP contribution >= 0.6 is 0 Å². The molecule has 46 heavy (non-hydrogen) atoms. The molecule has 0 radical (unpaired) electrons. The van der Waals surface area contributed by atoms with Crippen molar-refractivity contribution >= 4 is 11.4 Å². The zero-order valence-corrected chi connectivity index (χ0v) is 32.1. The van der Waals surface area contributed by atoms with Crippen LogP contribution in [0.5, 0.6) is 0 Å². The predicted molar refractivity (Wildman–Crippen MR) is 195 cm³/mol. The first-order valence-corrected chi connectivity index (χ1v) is 17.5. The highest BCUT2D eigenvalue weighted by molar-refractivity contribution is 5.78. The monoisotopic (exact) mass is 635 g/mol. The lowest BCUT2D eigenvalue weighted by molar-refractivity contribution is -0.234. The summed E-state index contributed by atoms with van der Waals surface area (Å²) in [6, 6.07) is 8.63. The predicted octanol–water partition coefficient (Wildman–Crippen LogP) is 9.14.